The number of rotatable bonds is 8. The van der Waals surface area contributed by atoms with Gasteiger partial charge in [0.05, 0.1) is 17.4 Å². The van der Waals surface area contributed by atoms with Crippen LogP contribution in [0.4, 0.5) is 0 Å². The van der Waals surface area contributed by atoms with Crippen molar-refractivity contribution in [3.05, 3.63) is 155 Å². The molecule has 220 valence electrons. The zero-order valence-electron chi connectivity index (χ0n) is 24.9. The molecule has 2 heterocycles. The van der Waals surface area contributed by atoms with Crippen LogP contribution < -0.4 is 4.74 Å². The van der Waals surface area contributed by atoms with Crippen LogP contribution in [0.5, 0.6) is 5.75 Å². The summed E-state index contributed by atoms with van der Waals surface area (Å²) in [5.74, 6) is -0.343. The number of nitrogens with zero attached hydrogens (tertiary/aromatic N) is 4. The zero-order valence-corrected chi connectivity index (χ0v) is 24.9. The van der Waals surface area contributed by atoms with Gasteiger partial charge in [0.1, 0.15) is 24.0 Å². The number of benzene rings is 4. The smallest absolute Gasteiger partial charge is 0.272 e. The van der Waals surface area contributed by atoms with Crippen LogP contribution in [0.25, 0.3) is 23.0 Å². The molecule has 0 spiro atoms. The number of carbonyl (C=O) groups is 2. The predicted octanol–water partition coefficient (Wildman–Crippen LogP) is 7.47. The Labute approximate surface area is 261 Å². The molecule has 1 aromatic heterocycles. The molecule has 4 aromatic carbocycles. The fourth-order valence-electron chi connectivity index (χ4n) is 5.37. The number of para-hydroxylation sites is 1. The van der Waals surface area contributed by atoms with Crippen LogP contribution in [-0.4, -0.2) is 26.5 Å². The molecule has 1 atom stereocenters. The Morgan fingerprint density at radius 2 is 1.47 bits per heavy atom. The first-order valence-corrected chi connectivity index (χ1v) is 14.6. The van der Waals surface area contributed by atoms with Crippen molar-refractivity contribution in [1.82, 2.24) is 14.7 Å². The van der Waals surface area contributed by atoms with Gasteiger partial charge in [0.15, 0.2) is 0 Å². The lowest BCUT2D eigenvalue weighted by Gasteiger charge is -2.32. The molecule has 2 amide bonds. The summed E-state index contributed by atoms with van der Waals surface area (Å²) in [4.78, 5) is 28.6. The Hall–Kier alpha value is -6.00. The number of aromatic nitrogens is 2. The number of imide groups is 1. The van der Waals surface area contributed by atoms with Crippen molar-refractivity contribution in [2.45, 2.75) is 26.5 Å². The van der Waals surface area contributed by atoms with Crippen molar-refractivity contribution in [2.75, 3.05) is 0 Å². The number of carbonyl (C=O) groups excluding carboxylic acids is 2. The summed E-state index contributed by atoms with van der Waals surface area (Å²) in [5.41, 5.74) is 5.39. The molecule has 1 aliphatic heterocycles. The maximum Gasteiger partial charge on any atom is 0.272 e. The average molecular weight is 591 g/mol. The number of hydrogen-bond donors (Lipinski definition) is 0. The summed E-state index contributed by atoms with van der Waals surface area (Å²) in [6.07, 6.45) is 3.58. The Morgan fingerprint density at radius 3 is 2.11 bits per heavy atom. The molecule has 0 saturated carbocycles. The minimum Gasteiger partial charge on any atom is -0.489 e. The van der Waals surface area contributed by atoms with Crippen molar-refractivity contribution in [2.24, 2.45) is 0 Å². The van der Waals surface area contributed by atoms with Crippen LogP contribution in [0, 0.1) is 11.3 Å². The van der Waals surface area contributed by atoms with E-state index in [1.54, 1.807) is 24.6 Å². The maximum absolute atomic E-state index is 14.0. The number of hydrogen-bond acceptors (Lipinski definition) is 5. The van der Waals surface area contributed by atoms with E-state index in [4.69, 9.17) is 9.84 Å². The van der Waals surface area contributed by atoms with Crippen molar-refractivity contribution in [3.63, 3.8) is 0 Å². The minimum atomic E-state index is -0.597. The van der Waals surface area contributed by atoms with Gasteiger partial charge in [-0.3, -0.25) is 14.5 Å². The van der Waals surface area contributed by atoms with Gasteiger partial charge in [-0.15, -0.1) is 0 Å². The van der Waals surface area contributed by atoms with Gasteiger partial charge >= 0.3 is 0 Å². The fraction of sp³-hybridized carbons (Fsp3) is 0.105. The second-order valence-corrected chi connectivity index (χ2v) is 10.7. The Morgan fingerprint density at radius 1 is 0.844 bits per heavy atom. The average Bonchev–Trinajstić information content (AvgIpc) is 3.51. The van der Waals surface area contributed by atoms with Crippen LogP contribution in [-0.2, 0) is 16.2 Å². The van der Waals surface area contributed by atoms with Crippen LogP contribution in [0.3, 0.4) is 0 Å². The second kappa shape index (κ2) is 12.7. The van der Waals surface area contributed by atoms with Gasteiger partial charge in [0.2, 0.25) is 0 Å². The van der Waals surface area contributed by atoms with Gasteiger partial charge in [-0.1, -0.05) is 78.9 Å². The minimum absolute atomic E-state index is 0.0550. The van der Waals surface area contributed by atoms with E-state index in [0.717, 1.165) is 22.4 Å². The van der Waals surface area contributed by atoms with Gasteiger partial charge in [-0.2, -0.15) is 10.4 Å². The predicted molar refractivity (Wildman–Crippen MR) is 173 cm³/mol. The molecule has 0 bridgehead atoms. The highest BCUT2D eigenvalue weighted by molar-refractivity contribution is 6.20. The first-order chi connectivity index (χ1) is 21.9. The molecule has 45 heavy (non-hydrogen) atoms. The van der Waals surface area contributed by atoms with E-state index in [1.807, 2.05) is 128 Å². The van der Waals surface area contributed by atoms with E-state index in [-0.39, 0.29) is 11.1 Å². The Kier molecular flexibility index (Phi) is 8.21. The molecule has 0 N–H and O–H groups in total. The number of nitriles is 1. The van der Waals surface area contributed by atoms with Crippen LogP contribution >= 0.6 is 0 Å². The van der Waals surface area contributed by atoms with Gasteiger partial charge in [0, 0.05) is 22.9 Å². The summed E-state index contributed by atoms with van der Waals surface area (Å²) in [6, 6.07) is 38.1. The first-order valence-electron chi connectivity index (χ1n) is 14.6. The molecule has 1 unspecified atom stereocenters. The summed E-state index contributed by atoms with van der Waals surface area (Å²) in [7, 11) is 0. The van der Waals surface area contributed by atoms with Gasteiger partial charge in [0.25, 0.3) is 11.8 Å². The molecule has 7 nitrogen and oxygen atoms in total. The Balaban J connectivity index is 1.41. The lowest BCUT2D eigenvalue weighted by atomic mass is 9.91. The van der Waals surface area contributed by atoms with E-state index in [9.17, 15) is 14.9 Å². The van der Waals surface area contributed by atoms with Gasteiger partial charge in [-0.05, 0) is 73.0 Å². The summed E-state index contributed by atoms with van der Waals surface area (Å²) in [5, 5.41) is 14.9. The third-order valence-corrected chi connectivity index (χ3v) is 7.88. The quantitative estimate of drug-likeness (QED) is 0.138. The molecule has 7 heteroatoms. The van der Waals surface area contributed by atoms with Crippen LogP contribution in [0.15, 0.2) is 138 Å². The first kappa shape index (κ1) is 29.1. The highest BCUT2D eigenvalue weighted by Crippen LogP contribution is 2.35. The van der Waals surface area contributed by atoms with Crippen molar-refractivity contribution >= 4 is 17.9 Å². The van der Waals surface area contributed by atoms with Crippen molar-refractivity contribution in [3.8, 4) is 28.8 Å². The SMILES string of the molecule is CC1=C(C#N)C(=O)N(C(C)c2ccccc2)C(=O)/C1=C/c1cn(-c2ccccc2)nc1-c1ccc(OCc2ccccc2)cc1. The van der Waals surface area contributed by atoms with E-state index >= 15 is 0 Å². The van der Waals surface area contributed by atoms with Gasteiger partial charge in [-0.25, -0.2) is 4.68 Å². The standard InChI is InChI=1S/C38H30N4O3/c1-26-34(37(43)42(38(44)35(26)23-39)27(2)29-14-8-4-9-15-29)22-31-24-41(32-16-10-5-11-17-32)40-36(31)30-18-20-33(21-19-30)45-25-28-12-6-3-7-13-28/h3-22,24,27H,25H2,1-2H3/b34-22+. The van der Waals surface area contributed by atoms with E-state index < -0.39 is 17.9 Å². The number of ether oxygens (including phenoxy) is 1. The third-order valence-electron chi connectivity index (χ3n) is 7.88. The molecule has 0 fully saturated rings. The van der Waals surface area contributed by atoms with E-state index in [1.165, 1.54) is 4.90 Å². The molecular formula is C38H30N4O3. The highest BCUT2D eigenvalue weighted by Gasteiger charge is 2.39. The highest BCUT2D eigenvalue weighted by atomic mass is 16.5. The van der Waals surface area contributed by atoms with Crippen LogP contribution in [0.1, 0.15) is 36.6 Å². The van der Waals surface area contributed by atoms with E-state index in [0.29, 0.717) is 29.2 Å². The second-order valence-electron chi connectivity index (χ2n) is 10.7. The maximum atomic E-state index is 14.0. The lowest BCUT2D eigenvalue weighted by Crippen LogP contribution is -2.44. The summed E-state index contributed by atoms with van der Waals surface area (Å²) in [6.45, 7) is 3.88. The molecule has 1 aliphatic rings. The molecule has 0 saturated heterocycles. The molecule has 0 aliphatic carbocycles. The molecule has 0 radical (unpaired) electrons. The lowest BCUT2D eigenvalue weighted by molar-refractivity contribution is -0.143. The topological polar surface area (TPSA) is 88.2 Å². The Bertz CT molecular complexity index is 1950. The van der Waals surface area contributed by atoms with E-state index in [2.05, 4.69) is 0 Å². The largest absolute Gasteiger partial charge is 0.489 e. The summed E-state index contributed by atoms with van der Waals surface area (Å²) < 4.78 is 7.74. The third kappa shape index (κ3) is 5.95. The molecule has 5 aromatic rings. The number of amides is 2. The molecular weight excluding hydrogens is 560 g/mol. The molecule has 6 rings (SSSR count). The summed E-state index contributed by atoms with van der Waals surface area (Å²) >= 11 is 0. The fourth-order valence-corrected chi connectivity index (χ4v) is 5.37. The zero-order chi connectivity index (χ0) is 31.3. The van der Waals surface area contributed by atoms with Crippen LogP contribution in [0.2, 0.25) is 0 Å². The van der Waals surface area contributed by atoms with Crippen molar-refractivity contribution < 1.29 is 14.3 Å². The normalized spacial score (nSPS) is 14.9. The van der Waals surface area contributed by atoms with Gasteiger partial charge < -0.3 is 4.74 Å². The van der Waals surface area contributed by atoms with Crippen molar-refractivity contribution in [1.29, 1.82) is 5.26 Å². The monoisotopic (exact) mass is 590 g/mol.